The van der Waals surface area contributed by atoms with E-state index in [9.17, 15) is 0 Å². The van der Waals surface area contributed by atoms with Gasteiger partial charge in [-0.25, -0.2) is 9.97 Å². The third-order valence-corrected chi connectivity index (χ3v) is 2.29. The number of aromatic nitrogens is 3. The fourth-order valence-corrected chi connectivity index (χ4v) is 1.43. The third-order valence-electron chi connectivity index (χ3n) is 2.29. The van der Waals surface area contributed by atoms with Gasteiger partial charge in [-0.3, -0.25) is 0 Å². The normalized spacial score (nSPS) is 12.0. The van der Waals surface area contributed by atoms with Crippen molar-refractivity contribution >= 4 is 17.0 Å². The van der Waals surface area contributed by atoms with Gasteiger partial charge in [0.25, 0.3) is 0 Å². The summed E-state index contributed by atoms with van der Waals surface area (Å²) in [6.45, 7) is 6.53. The maximum atomic E-state index is 5.66. The fraction of sp³-hybridized carbons (Fsp3) is 0.500. The number of nitrogens with one attached hydrogen (secondary N) is 2. The van der Waals surface area contributed by atoms with E-state index in [0.29, 0.717) is 12.3 Å². The number of anilines is 1. The Morgan fingerprint density at radius 2 is 2.06 bits per heavy atom. The molecule has 2 rings (SSSR count). The standard InChI is InChI=1S/C12H18N4O/c1-12(2,3)17-7-10-14-8-5-6-9(13-4)15-11(8)16-10/h5-6H,7H2,1-4H3,(H2,13,14,15,16). The van der Waals surface area contributed by atoms with Crippen molar-refractivity contribution in [3.05, 3.63) is 18.0 Å². The molecular weight excluding hydrogens is 216 g/mol. The van der Waals surface area contributed by atoms with E-state index in [0.717, 1.165) is 17.2 Å². The van der Waals surface area contributed by atoms with Gasteiger partial charge in [-0.05, 0) is 32.9 Å². The molecule has 2 N–H and O–H groups in total. The molecule has 0 saturated carbocycles. The summed E-state index contributed by atoms with van der Waals surface area (Å²) < 4.78 is 5.66. The maximum Gasteiger partial charge on any atom is 0.179 e. The first-order valence-electron chi connectivity index (χ1n) is 5.65. The van der Waals surface area contributed by atoms with E-state index in [4.69, 9.17) is 4.74 Å². The number of aromatic amines is 1. The van der Waals surface area contributed by atoms with Crippen molar-refractivity contribution in [2.24, 2.45) is 0 Å². The number of rotatable bonds is 3. The number of ether oxygens (including phenoxy) is 1. The largest absolute Gasteiger partial charge is 0.373 e. The summed E-state index contributed by atoms with van der Waals surface area (Å²) in [6.07, 6.45) is 0. The Bertz CT molecular complexity index is 513. The number of H-pyrrole nitrogens is 1. The fourth-order valence-electron chi connectivity index (χ4n) is 1.43. The SMILES string of the molecule is CNc1ccc2[nH]c(COC(C)(C)C)nc2n1. The molecule has 0 bridgehead atoms. The van der Waals surface area contributed by atoms with Crippen LogP contribution in [0.2, 0.25) is 0 Å². The molecule has 0 aliphatic rings. The number of fused-ring (bicyclic) bond motifs is 1. The summed E-state index contributed by atoms with van der Waals surface area (Å²) in [6, 6.07) is 3.87. The first-order valence-corrected chi connectivity index (χ1v) is 5.65. The van der Waals surface area contributed by atoms with Crippen LogP contribution in [0.4, 0.5) is 5.82 Å². The van der Waals surface area contributed by atoms with Crippen LogP contribution in [0.3, 0.4) is 0 Å². The Hall–Kier alpha value is -1.62. The summed E-state index contributed by atoms with van der Waals surface area (Å²) in [7, 11) is 1.84. The molecule has 2 aromatic heterocycles. The molecule has 17 heavy (non-hydrogen) atoms. The molecule has 0 aliphatic heterocycles. The van der Waals surface area contributed by atoms with Crippen LogP contribution in [0, 0.1) is 0 Å². The van der Waals surface area contributed by atoms with E-state index in [1.54, 1.807) is 0 Å². The van der Waals surface area contributed by atoms with E-state index < -0.39 is 0 Å². The van der Waals surface area contributed by atoms with Gasteiger partial charge >= 0.3 is 0 Å². The van der Waals surface area contributed by atoms with Crippen LogP contribution >= 0.6 is 0 Å². The molecule has 5 nitrogen and oxygen atoms in total. The topological polar surface area (TPSA) is 62.8 Å². The molecule has 0 radical (unpaired) electrons. The number of imidazole rings is 1. The Balaban J connectivity index is 2.20. The lowest BCUT2D eigenvalue weighted by atomic mass is 10.2. The van der Waals surface area contributed by atoms with Crippen LogP contribution in [-0.4, -0.2) is 27.6 Å². The van der Waals surface area contributed by atoms with Gasteiger partial charge < -0.3 is 15.0 Å². The molecule has 2 heterocycles. The highest BCUT2D eigenvalue weighted by atomic mass is 16.5. The van der Waals surface area contributed by atoms with Crippen LogP contribution in [0.5, 0.6) is 0 Å². The van der Waals surface area contributed by atoms with Crippen molar-refractivity contribution in [2.75, 3.05) is 12.4 Å². The molecule has 2 aromatic rings. The highest BCUT2D eigenvalue weighted by Crippen LogP contribution is 2.15. The van der Waals surface area contributed by atoms with Crippen LogP contribution in [-0.2, 0) is 11.3 Å². The summed E-state index contributed by atoms with van der Waals surface area (Å²) in [5.41, 5.74) is 1.48. The average Bonchev–Trinajstić information content (AvgIpc) is 2.66. The summed E-state index contributed by atoms with van der Waals surface area (Å²) in [5.74, 6) is 1.61. The minimum Gasteiger partial charge on any atom is -0.373 e. The van der Waals surface area contributed by atoms with Crippen molar-refractivity contribution in [2.45, 2.75) is 33.0 Å². The quantitative estimate of drug-likeness (QED) is 0.855. The van der Waals surface area contributed by atoms with Gasteiger partial charge in [0.1, 0.15) is 18.2 Å². The molecule has 0 fully saturated rings. The molecule has 0 aromatic carbocycles. The summed E-state index contributed by atoms with van der Waals surface area (Å²) >= 11 is 0. The molecule has 0 atom stereocenters. The predicted molar refractivity (Wildman–Crippen MR) is 68.0 cm³/mol. The van der Waals surface area contributed by atoms with E-state index in [-0.39, 0.29) is 5.60 Å². The van der Waals surface area contributed by atoms with Crippen LogP contribution < -0.4 is 5.32 Å². The molecule has 0 spiro atoms. The van der Waals surface area contributed by atoms with Gasteiger partial charge in [0, 0.05) is 7.05 Å². The van der Waals surface area contributed by atoms with Gasteiger partial charge in [0.2, 0.25) is 0 Å². The van der Waals surface area contributed by atoms with Gasteiger partial charge in [0.15, 0.2) is 5.65 Å². The van der Waals surface area contributed by atoms with Crippen molar-refractivity contribution in [1.29, 1.82) is 0 Å². The summed E-state index contributed by atoms with van der Waals surface area (Å²) in [5, 5.41) is 2.99. The number of pyridine rings is 1. The molecule has 0 saturated heterocycles. The van der Waals surface area contributed by atoms with E-state index in [1.165, 1.54) is 0 Å². The minimum atomic E-state index is -0.164. The summed E-state index contributed by atoms with van der Waals surface area (Å²) in [4.78, 5) is 11.9. The zero-order chi connectivity index (χ0) is 12.5. The molecule has 0 amide bonds. The van der Waals surface area contributed by atoms with Crippen molar-refractivity contribution in [3.8, 4) is 0 Å². The minimum absolute atomic E-state index is 0.164. The molecule has 92 valence electrons. The second-order valence-corrected chi connectivity index (χ2v) is 4.90. The third kappa shape index (κ3) is 2.94. The zero-order valence-electron chi connectivity index (χ0n) is 10.7. The van der Waals surface area contributed by atoms with Gasteiger partial charge in [-0.2, -0.15) is 0 Å². The lowest BCUT2D eigenvalue weighted by molar-refractivity contribution is -0.0177. The smallest absolute Gasteiger partial charge is 0.179 e. The monoisotopic (exact) mass is 234 g/mol. The van der Waals surface area contributed by atoms with Crippen molar-refractivity contribution < 1.29 is 4.74 Å². The molecular formula is C12H18N4O. The predicted octanol–water partition coefficient (Wildman–Crippen LogP) is 2.31. The zero-order valence-corrected chi connectivity index (χ0v) is 10.7. The van der Waals surface area contributed by atoms with Gasteiger partial charge in [-0.1, -0.05) is 0 Å². The number of hydrogen-bond donors (Lipinski definition) is 2. The van der Waals surface area contributed by atoms with E-state index in [1.807, 2.05) is 40.0 Å². The van der Waals surface area contributed by atoms with Crippen molar-refractivity contribution in [1.82, 2.24) is 15.0 Å². The molecule has 0 unspecified atom stereocenters. The Morgan fingerprint density at radius 3 is 2.71 bits per heavy atom. The second kappa shape index (κ2) is 4.33. The molecule has 5 heteroatoms. The van der Waals surface area contributed by atoms with E-state index >= 15 is 0 Å². The highest BCUT2D eigenvalue weighted by Gasteiger charge is 2.12. The van der Waals surface area contributed by atoms with Crippen LogP contribution in [0.25, 0.3) is 11.2 Å². The van der Waals surface area contributed by atoms with Crippen LogP contribution in [0.1, 0.15) is 26.6 Å². The lowest BCUT2D eigenvalue weighted by Gasteiger charge is -2.18. The first-order chi connectivity index (χ1) is 7.98. The van der Waals surface area contributed by atoms with Gasteiger partial charge in [0.05, 0.1) is 11.1 Å². The van der Waals surface area contributed by atoms with Crippen molar-refractivity contribution in [3.63, 3.8) is 0 Å². The van der Waals surface area contributed by atoms with Crippen LogP contribution in [0.15, 0.2) is 12.1 Å². The van der Waals surface area contributed by atoms with E-state index in [2.05, 4.69) is 20.3 Å². The number of hydrogen-bond acceptors (Lipinski definition) is 4. The highest BCUT2D eigenvalue weighted by molar-refractivity contribution is 5.72. The lowest BCUT2D eigenvalue weighted by Crippen LogP contribution is -2.19. The Morgan fingerprint density at radius 1 is 1.29 bits per heavy atom. The molecule has 0 aliphatic carbocycles. The second-order valence-electron chi connectivity index (χ2n) is 4.90. The first kappa shape index (κ1) is 11.9. The van der Waals surface area contributed by atoms with Gasteiger partial charge in [-0.15, -0.1) is 0 Å². The Kier molecular flexibility index (Phi) is 3.02. The maximum absolute atomic E-state index is 5.66. The number of nitrogens with zero attached hydrogens (tertiary/aromatic N) is 2. The Labute approximate surface area is 101 Å². The average molecular weight is 234 g/mol.